The zero-order chi connectivity index (χ0) is 15.4. The molecule has 1 saturated heterocycles. The Morgan fingerprint density at radius 3 is 2.71 bits per heavy atom. The molecule has 0 spiro atoms. The number of halogens is 2. The second-order valence-electron chi connectivity index (χ2n) is 4.92. The first-order valence-electron chi connectivity index (χ1n) is 6.68. The number of likely N-dealkylation sites (N-methyl/N-ethyl adjacent to an activating group) is 1. The predicted molar refractivity (Wildman–Crippen MR) is 77.8 cm³/mol. The smallest absolute Gasteiger partial charge is 0.257 e. The van der Waals surface area contributed by atoms with Crippen LogP contribution in [0, 0.1) is 5.82 Å². The first-order chi connectivity index (χ1) is 9.99. The number of piperazine rings is 1. The van der Waals surface area contributed by atoms with E-state index in [9.17, 15) is 14.0 Å². The summed E-state index contributed by atoms with van der Waals surface area (Å²) in [4.78, 5) is 27.2. The highest BCUT2D eigenvalue weighted by atomic mass is 35.5. The molecule has 1 N–H and O–H groups in total. The van der Waals surface area contributed by atoms with E-state index in [1.807, 2.05) is 0 Å². The summed E-state index contributed by atoms with van der Waals surface area (Å²) in [6, 6.07) is 3.78. The van der Waals surface area contributed by atoms with E-state index in [1.165, 1.54) is 24.1 Å². The standard InChI is InChI=1S/C14H17ClFN3O2/c1-18(9-13(20)19-6-4-17-5-7-19)14(21)11-8-10(15)2-3-12(11)16/h2-3,8,17H,4-7,9H2,1H3. The molecule has 1 aliphatic heterocycles. The van der Waals surface area contributed by atoms with Gasteiger partial charge in [-0.2, -0.15) is 0 Å². The van der Waals surface area contributed by atoms with Crippen LogP contribution in [0.1, 0.15) is 10.4 Å². The number of nitrogens with one attached hydrogen (secondary N) is 1. The molecule has 114 valence electrons. The van der Waals surface area contributed by atoms with Gasteiger partial charge in [0.2, 0.25) is 5.91 Å². The van der Waals surface area contributed by atoms with Crippen LogP contribution in [0.25, 0.3) is 0 Å². The highest BCUT2D eigenvalue weighted by Crippen LogP contribution is 2.16. The third kappa shape index (κ3) is 3.92. The summed E-state index contributed by atoms with van der Waals surface area (Å²) in [5, 5.41) is 3.43. The van der Waals surface area contributed by atoms with Crippen molar-refractivity contribution in [1.82, 2.24) is 15.1 Å². The van der Waals surface area contributed by atoms with Gasteiger partial charge >= 0.3 is 0 Å². The molecule has 0 unspecified atom stereocenters. The SMILES string of the molecule is CN(CC(=O)N1CCNCC1)C(=O)c1cc(Cl)ccc1F. The highest BCUT2D eigenvalue weighted by molar-refractivity contribution is 6.31. The Morgan fingerprint density at radius 1 is 1.38 bits per heavy atom. The molecule has 1 aromatic rings. The Bertz CT molecular complexity index is 547. The molecule has 1 aromatic carbocycles. The van der Waals surface area contributed by atoms with Gasteiger partial charge in [0.05, 0.1) is 12.1 Å². The maximum atomic E-state index is 13.7. The summed E-state index contributed by atoms with van der Waals surface area (Å²) in [7, 11) is 1.47. The summed E-state index contributed by atoms with van der Waals surface area (Å²) in [6.07, 6.45) is 0. The molecule has 1 heterocycles. The zero-order valence-corrected chi connectivity index (χ0v) is 12.5. The van der Waals surface area contributed by atoms with Crippen molar-refractivity contribution in [3.63, 3.8) is 0 Å². The molecule has 7 heteroatoms. The average molecular weight is 314 g/mol. The van der Waals surface area contributed by atoms with Gasteiger partial charge in [-0.1, -0.05) is 11.6 Å². The lowest BCUT2D eigenvalue weighted by Crippen LogP contribution is -2.49. The third-order valence-electron chi connectivity index (χ3n) is 3.35. The number of rotatable bonds is 3. The zero-order valence-electron chi connectivity index (χ0n) is 11.7. The third-order valence-corrected chi connectivity index (χ3v) is 3.58. The second-order valence-corrected chi connectivity index (χ2v) is 5.35. The van der Waals surface area contributed by atoms with Gasteiger partial charge in [-0.05, 0) is 18.2 Å². The minimum absolute atomic E-state index is 0.0786. The van der Waals surface area contributed by atoms with Gasteiger partial charge in [-0.3, -0.25) is 9.59 Å². The van der Waals surface area contributed by atoms with E-state index in [0.29, 0.717) is 13.1 Å². The Hall–Kier alpha value is -1.66. The van der Waals surface area contributed by atoms with Crippen molar-refractivity contribution in [3.8, 4) is 0 Å². The lowest BCUT2D eigenvalue weighted by Gasteiger charge is -2.29. The number of hydrogen-bond acceptors (Lipinski definition) is 3. The van der Waals surface area contributed by atoms with Gasteiger partial charge in [-0.15, -0.1) is 0 Å². The Morgan fingerprint density at radius 2 is 2.05 bits per heavy atom. The van der Waals surface area contributed by atoms with Gasteiger partial charge in [0, 0.05) is 38.2 Å². The summed E-state index contributed by atoms with van der Waals surface area (Å²) >= 11 is 5.77. The van der Waals surface area contributed by atoms with Crippen LogP contribution in [-0.2, 0) is 4.79 Å². The van der Waals surface area contributed by atoms with Crippen LogP contribution in [0.2, 0.25) is 5.02 Å². The van der Waals surface area contributed by atoms with Crippen LogP contribution in [-0.4, -0.2) is 61.4 Å². The Balaban J connectivity index is 2.02. The van der Waals surface area contributed by atoms with E-state index in [-0.39, 0.29) is 23.0 Å². The summed E-state index contributed by atoms with van der Waals surface area (Å²) in [6.45, 7) is 2.64. The van der Waals surface area contributed by atoms with Gasteiger partial charge in [-0.25, -0.2) is 4.39 Å². The van der Waals surface area contributed by atoms with Crippen LogP contribution in [0.3, 0.4) is 0 Å². The first-order valence-corrected chi connectivity index (χ1v) is 7.06. The Labute approximate surface area is 127 Å². The molecule has 2 rings (SSSR count). The molecular formula is C14H17ClFN3O2. The topological polar surface area (TPSA) is 52.7 Å². The van der Waals surface area contributed by atoms with E-state index in [4.69, 9.17) is 11.6 Å². The molecule has 0 aromatic heterocycles. The molecule has 2 amide bonds. The molecular weight excluding hydrogens is 297 g/mol. The molecule has 5 nitrogen and oxygen atoms in total. The number of benzene rings is 1. The highest BCUT2D eigenvalue weighted by Gasteiger charge is 2.22. The van der Waals surface area contributed by atoms with Crippen molar-refractivity contribution >= 4 is 23.4 Å². The second kappa shape index (κ2) is 6.87. The van der Waals surface area contributed by atoms with Crippen LogP contribution >= 0.6 is 11.6 Å². The monoisotopic (exact) mass is 313 g/mol. The van der Waals surface area contributed by atoms with Crippen molar-refractivity contribution in [3.05, 3.63) is 34.6 Å². The maximum Gasteiger partial charge on any atom is 0.257 e. The van der Waals surface area contributed by atoms with E-state index in [0.717, 1.165) is 19.2 Å². The van der Waals surface area contributed by atoms with Crippen molar-refractivity contribution < 1.29 is 14.0 Å². The van der Waals surface area contributed by atoms with Gasteiger partial charge in [0.25, 0.3) is 5.91 Å². The normalized spacial score (nSPS) is 14.9. The minimum Gasteiger partial charge on any atom is -0.339 e. The average Bonchev–Trinajstić information content (AvgIpc) is 2.49. The molecule has 0 bridgehead atoms. The molecule has 1 fully saturated rings. The van der Waals surface area contributed by atoms with Crippen molar-refractivity contribution in [1.29, 1.82) is 0 Å². The molecule has 0 saturated carbocycles. The molecule has 0 aliphatic carbocycles. The number of amides is 2. The molecule has 21 heavy (non-hydrogen) atoms. The fraction of sp³-hybridized carbons (Fsp3) is 0.429. The largest absolute Gasteiger partial charge is 0.339 e. The number of hydrogen-bond donors (Lipinski definition) is 1. The lowest BCUT2D eigenvalue weighted by molar-refractivity contribution is -0.132. The van der Waals surface area contributed by atoms with Crippen molar-refractivity contribution in [2.75, 3.05) is 39.8 Å². The van der Waals surface area contributed by atoms with E-state index in [2.05, 4.69) is 5.32 Å². The van der Waals surface area contributed by atoms with E-state index in [1.54, 1.807) is 4.90 Å². The van der Waals surface area contributed by atoms with Crippen molar-refractivity contribution in [2.45, 2.75) is 0 Å². The number of nitrogens with zero attached hydrogens (tertiary/aromatic N) is 2. The summed E-state index contributed by atoms with van der Waals surface area (Å²) in [5.74, 6) is -1.35. The molecule has 0 radical (unpaired) electrons. The van der Waals surface area contributed by atoms with E-state index < -0.39 is 11.7 Å². The maximum absolute atomic E-state index is 13.7. The van der Waals surface area contributed by atoms with Crippen LogP contribution in [0.4, 0.5) is 4.39 Å². The minimum atomic E-state index is -0.647. The lowest BCUT2D eigenvalue weighted by atomic mass is 10.2. The fourth-order valence-electron chi connectivity index (χ4n) is 2.16. The van der Waals surface area contributed by atoms with Gasteiger partial charge in [0.1, 0.15) is 5.82 Å². The molecule has 0 atom stereocenters. The van der Waals surface area contributed by atoms with Gasteiger partial charge < -0.3 is 15.1 Å². The van der Waals surface area contributed by atoms with E-state index >= 15 is 0 Å². The number of carbonyl (C=O) groups is 2. The Kier molecular flexibility index (Phi) is 5.14. The van der Waals surface area contributed by atoms with Crippen LogP contribution in [0.5, 0.6) is 0 Å². The number of carbonyl (C=O) groups excluding carboxylic acids is 2. The quantitative estimate of drug-likeness (QED) is 0.905. The van der Waals surface area contributed by atoms with Crippen molar-refractivity contribution in [2.24, 2.45) is 0 Å². The summed E-state index contributed by atoms with van der Waals surface area (Å²) in [5.41, 5.74) is -0.127. The fourth-order valence-corrected chi connectivity index (χ4v) is 2.33. The van der Waals surface area contributed by atoms with Gasteiger partial charge in [0.15, 0.2) is 0 Å². The molecule has 1 aliphatic rings. The first kappa shape index (κ1) is 15.7. The summed E-state index contributed by atoms with van der Waals surface area (Å²) < 4.78 is 13.7. The van der Waals surface area contributed by atoms with Crippen LogP contribution < -0.4 is 5.32 Å². The van der Waals surface area contributed by atoms with Crippen LogP contribution in [0.15, 0.2) is 18.2 Å². The predicted octanol–water partition coefficient (Wildman–Crippen LogP) is 0.983.